The maximum Gasteiger partial charge on any atom is 0.346 e. The van der Waals surface area contributed by atoms with Crippen LogP contribution in [0, 0.1) is 6.92 Å². The Balaban J connectivity index is 1.43. The number of carboxylic acid groups (broad SMARTS) is 1. The second kappa shape index (κ2) is 6.88. The van der Waals surface area contributed by atoms with Gasteiger partial charge in [0.2, 0.25) is 12.7 Å². The fourth-order valence-corrected chi connectivity index (χ4v) is 4.64. The highest BCUT2D eigenvalue weighted by Gasteiger charge is 2.51. The third-order valence-corrected chi connectivity index (χ3v) is 6.66. The van der Waals surface area contributed by atoms with E-state index in [1.54, 1.807) is 11.4 Å². The van der Waals surface area contributed by atoms with Gasteiger partial charge in [-0.2, -0.15) is 0 Å². The molecule has 2 N–H and O–H groups in total. The molecule has 1 fully saturated rings. The van der Waals surface area contributed by atoms with Crippen LogP contribution in [0.5, 0.6) is 11.5 Å². The predicted molar refractivity (Wildman–Crippen MR) is 114 cm³/mol. The van der Waals surface area contributed by atoms with E-state index in [2.05, 4.69) is 5.32 Å². The van der Waals surface area contributed by atoms with Crippen LogP contribution < -0.4 is 14.8 Å². The number of nitrogens with one attached hydrogen (secondary N) is 1. The number of rotatable bonds is 5. The van der Waals surface area contributed by atoms with Crippen molar-refractivity contribution in [3.8, 4) is 22.6 Å². The van der Waals surface area contributed by atoms with Gasteiger partial charge in [0, 0.05) is 11.3 Å². The van der Waals surface area contributed by atoms with Crippen molar-refractivity contribution in [2.24, 2.45) is 0 Å². The Kier molecular flexibility index (Phi) is 4.29. The van der Waals surface area contributed by atoms with E-state index in [9.17, 15) is 14.7 Å². The molecular formula is C23H19NO5S. The number of thiophene rings is 1. The zero-order valence-corrected chi connectivity index (χ0v) is 17.0. The molecule has 3 aromatic rings. The third-order valence-electron chi connectivity index (χ3n) is 5.75. The third kappa shape index (κ3) is 3.02. The lowest BCUT2D eigenvalue weighted by Crippen LogP contribution is -2.27. The molecule has 2 heterocycles. The van der Waals surface area contributed by atoms with Crippen molar-refractivity contribution in [3.05, 3.63) is 63.8 Å². The van der Waals surface area contributed by atoms with Crippen molar-refractivity contribution < 1.29 is 24.2 Å². The first-order valence-corrected chi connectivity index (χ1v) is 10.5. The van der Waals surface area contributed by atoms with Gasteiger partial charge in [-0.25, -0.2) is 4.79 Å². The van der Waals surface area contributed by atoms with Crippen molar-refractivity contribution in [3.63, 3.8) is 0 Å². The number of hydrogen-bond acceptors (Lipinski definition) is 5. The van der Waals surface area contributed by atoms with E-state index in [4.69, 9.17) is 9.47 Å². The summed E-state index contributed by atoms with van der Waals surface area (Å²) >= 11 is 1.19. The normalized spacial score (nSPS) is 15.6. The lowest BCUT2D eigenvalue weighted by molar-refractivity contribution is -0.118. The van der Waals surface area contributed by atoms with Crippen LogP contribution in [0.4, 0.5) is 5.69 Å². The van der Waals surface area contributed by atoms with Gasteiger partial charge in [-0.15, -0.1) is 11.3 Å². The summed E-state index contributed by atoms with van der Waals surface area (Å²) in [4.78, 5) is 25.0. The Morgan fingerprint density at radius 1 is 1.03 bits per heavy atom. The molecule has 0 atom stereocenters. The largest absolute Gasteiger partial charge is 0.477 e. The van der Waals surface area contributed by atoms with Crippen LogP contribution in [0.1, 0.15) is 33.6 Å². The summed E-state index contributed by atoms with van der Waals surface area (Å²) < 4.78 is 10.8. The summed E-state index contributed by atoms with van der Waals surface area (Å²) in [6.07, 6.45) is 1.54. The van der Waals surface area contributed by atoms with Crippen molar-refractivity contribution in [1.82, 2.24) is 0 Å². The number of carboxylic acids is 1. The van der Waals surface area contributed by atoms with Gasteiger partial charge in [-0.05, 0) is 72.2 Å². The van der Waals surface area contributed by atoms with Crippen LogP contribution in [0.3, 0.4) is 0 Å². The Bertz CT molecular complexity index is 1180. The molecule has 5 rings (SSSR count). The van der Waals surface area contributed by atoms with Crippen LogP contribution in [-0.2, 0) is 10.2 Å². The Morgan fingerprint density at radius 3 is 2.60 bits per heavy atom. The average molecular weight is 421 g/mol. The number of benzene rings is 2. The van der Waals surface area contributed by atoms with E-state index >= 15 is 0 Å². The fourth-order valence-electron chi connectivity index (χ4n) is 3.89. The molecule has 0 spiro atoms. The molecule has 6 nitrogen and oxygen atoms in total. The van der Waals surface area contributed by atoms with E-state index in [1.807, 2.05) is 43.3 Å². The molecule has 152 valence electrons. The number of fused-ring (bicyclic) bond motifs is 1. The Morgan fingerprint density at radius 2 is 1.83 bits per heavy atom. The molecule has 0 radical (unpaired) electrons. The Hall–Kier alpha value is -3.32. The molecule has 0 bridgehead atoms. The smallest absolute Gasteiger partial charge is 0.346 e. The molecular weight excluding hydrogens is 402 g/mol. The number of amides is 1. The molecule has 30 heavy (non-hydrogen) atoms. The molecule has 7 heteroatoms. The lowest BCUT2D eigenvalue weighted by atomic mass is 9.94. The van der Waals surface area contributed by atoms with Gasteiger partial charge in [0.1, 0.15) is 4.88 Å². The van der Waals surface area contributed by atoms with Crippen molar-refractivity contribution in [1.29, 1.82) is 0 Å². The van der Waals surface area contributed by atoms with E-state index in [-0.39, 0.29) is 12.7 Å². The highest BCUT2D eigenvalue weighted by Crippen LogP contribution is 2.51. The van der Waals surface area contributed by atoms with Gasteiger partial charge in [0.05, 0.1) is 5.41 Å². The maximum atomic E-state index is 13.2. The molecule has 2 aromatic carbocycles. The minimum atomic E-state index is -0.950. The van der Waals surface area contributed by atoms with Gasteiger partial charge >= 0.3 is 5.97 Å². The summed E-state index contributed by atoms with van der Waals surface area (Å²) in [6, 6.07) is 13.0. The van der Waals surface area contributed by atoms with Gasteiger partial charge in [-0.1, -0.05) is 12.1 Å². The number of ether oxygens (including phenoxy) is 2. The quantitative estimate of drug-likeness (QED) is 0.617. The summed E-state index contributed by atoms with van der Waals surface area (Å²) in [5.41, 5.74) is 3.42. The number of anilines is 1. The fraction of sp³-hybridized carbons (Fsp3) is 0.217. The summed E-state index contributed by atoms with van der Waals surface area (Å²) in [6.45, 7) is 2.13. The highest BCUT2D eigenvalue weighted by atomic mass is 32.1. The first-order valence-electron chi connectivity index (χ1n) is 9.61. The molecule has 1 saturated carbocycles. The van der Waals surface area contributed by atoms with Gasteiger partial charge in [0.25, 0.3) is 0 Å². The summed E-state index contributed by atoms with van der Waals surface area (Å²) in [5, 5.41) is 14.3. The molecule has 2 aliphatic rings. The van der Waals surface area contributed by atoms with Gasteiger partial charge in [0.15, 0.2) is 11.5 Å². The van der Waals surface area contributed by atoms with E-state index in [0.717, 1.165) is 29.5 Å². The number of carbonyl (C=O) groups excluding carboxylic acids is 1. The van der Waals surface area contributed by atoms with Gasteiger partial charge < -0.3 is 19.9 Å². The SMILES string of the molecule is Cc1ccc(NC(=O)C2(c3ccc4c(c3)OCO4)CC2)cc1-c1ccsc1C(=O)O. The average Bonchev–Trinajstić information content (AvgIpc) is 3.18. The summed E-state index contributed by atoms with van der Waals surface area (Å²) in [7, 11) is 0. The molecule has 1 aromatic heterocycles. The second-order valence-corrected chi connectivity index (χ2v) is 8.52. The minimum absolute atomic E-state index is 0.0695. The minimum Gasteiger partial charge on any atom is -0.477 e. The number of carbonyl (C=O) groups is 2. The van der Waals surface area contributed by atoms with E-state index in [1.165, 1.54) is 11.3 Å². The standard InChI is InChI=1S/C23H19NO5S/c1-13-2-4-15(11-17(13)16-6-9-30-20(16)21(25)26)24-22(27)23(7-8-23)14-3-5-18-19(10-14)29-12-28-18/h2-6,9-11H,7-8,12H2,1H3,(H,24,27)(H,25,26). The zero-order valence-electron chi connectivity index (χ0n) is 16.2. The highest BCUT2D eigenvalue weighted by molar-refractivity contribution is 7.12. The van der Waals surface area contributed by atoms with Crippen LogP contribution in [-0.4, -0.2) is 23.8 Å². The van der Waals surface area contributed by atoms with E-state index in [0.29, 0.717) is 27.6 Å². The zero-order chi connectivity index (χ0) is 20.9. The van der Waals surface area contributed by atoms with Crippen LogP contribution in [0.2, 0.25) is 0 Å². The molecule has 1 aliphatic carbocycles. The number of aryl methyl sites for hydroxylation is 1. The number of aromatic carboxylic acids is 1. The van der Waals surface area contributed by atoms with Gasteiger partial charge in [-0.3, -0.25) is 4.79 Å². The first-order chi connectivity index (χ1) is 14.5. The molecule has 0 unspecified atom stereocenters. The van der Waals surface area contributed by atoms with Crippen LogP contribution in [0.15, 0.2) is 47.8 Å². The predicted octanol–water partition coefficient (Wildman–Crippen LogP) is 4.82. The topological polar surface area (TPSA) is 84.9 Å². The van der Waals surface area contributed by atoms with Crippen LogP contribution >= 0.6 is 11.3 Å². The molecule has 1 aliphatic heterocycles. The monoisotopic (exact) mass is 421 g/mol. The number of hydrogen-bond donors (Lipinski definition) is 2. The Labute approximate surface area is 177 Å². The van der Waals surface area contributed by atoms with Crippen LogP contribution in [0.25, 0.3) is 11.1 Å². The van der Waals surface area contributed by atoms with E-state index < -0.39 is 11.4 Å². The van der Waals surface area contributed by atoms with Crippen molar-refractivity contribution in [2.45, 2.75) is 25.2 Å². The molecule has 1 amide bonds. The maximum absolute atomic E-state index is 13.2. The molecule has 0 saturated heterocycles. The summed E-state index contributed by atoms with van der Waals surface area (Å²) in [5.74, 6) is 0.347. The lowest BCUT2D eigenvalue weighted by Gasteiger charge is -2.17. The first kappa shape index (κ1) is 18.7. The van der Waals surface area contributed by atoms with Crippen molar-refractivity contribution >= 4 is 28.9 Å². The van der Waals surface area contributed by atoms with Crippen molar-refractivity contribution in [2.75, 3.05) is 12.1 Å². The second-order valence-electron chi connectivity index (χ2n) is 7.60.